The number of amides is 1. The number of nitrogens with one attached hydrogen (secondary N) is 2. The summed E-state index contributed by atoms with van der Waals surface area (Å²) in [6, 6.07) is 7.93. The van der Waals surface area contributed by atoms with E-state index in [0.717, 1.165) is 22.3 Å². The molecule has 6 nitrogen and oxygen atoms in total. The Morgan fingerprint density at radius 3 is 3.14 bits per heavy atom. The van der Waals surface area contributed by atoms with E-state index in [1.807, 2.05) is 37.4 Å². The molecule has 0 unspecified atom stereocenters. The highest BCUT2D eigenvalue weighted by Crippen LogP contribution is 2.15. The molecule has 2 N–H and O–H groups in total. The molecule has 0 atom stereocenters. The number of rotatable bonds is 4. The van der Waals surface area contributed by atoms with Crippen molar-refractivity contribution in [3.05, 3.63) is 54.2 Å². The molecule has 106 valence electrons. The zero-order valence-corrected chi connectivity index (χ0v) is 11.6. The van der Waals surface area contributed by atoms with Crippen molar-refractivity contribution in [2.45, 2.75) is 13.5 Å². The van der Waals surface area contributed by atoms with E-state index in [1.54, 1.807) is 23.2 Å². The number of aromatic amines is 1. The second kappa shape index (κ2) is 5.62. The molecule has 0 fully saturated rings. The monoisotopic (exact) mass is 281 g/mol. The van der Waals surface area contributed by atoms with Gasteiger partial charge in [-0.05, 0) is 13.0 Å². The summed E-state index contributed by atoms with van der Waals surface area (Å²) in [7, 11) is 0. The minimum Gasteiger partial charge on any atom is -0.361 e. The Labute approximate surface area is 121 Å². The summed E-state index contributed by atoms with van der Waals surface area (Å²) in [4.78, 5) is 19.0. The van der Waals surface area contributed by atoms with Crippen molar-refractivity contribution < 1.29 is 4.79 Å². The molecule has 6 heteroatoms. The molecule has 0 spiro atoms. The highest BCUT2D eigenvalue weighted by atomic mass is 16.2. The van der Waals surface area contributed by atoms with Gasteiger partial charge >= 0.3 is 0 Å². The Balaban J connectivity index is 1.64. The van der Waals surface area contributed by atoms with Gasteiger partial charge < -0.3 is 9.55 Å². The van der Waals surface area contributed by atoms with Gasteiger partial charge in [0.2, 0.25) is 0 Å². The average molecular weight is 281 g/mol. The zero-order chi connectivity index (χ0) is 14.7. The summed E-state index contributed by atoms with van der Waals surface area (Å²) >= 11 is 0. The summed E-state index contributed by atoms with van der Waals surface area (Å²) in [5, 5.41) is 5.07. The highest BCUT2D eigenvalue weighted by molar-refractivity contribution is 5.99. The molecule has 0 aliphatic carbocycles. The van der Waals surface area contributed by atoms with Crippen LogP contribution in [-0.2, 0) is 11.3 Å². The van der Waals surface area contributed by atoms with Crippen molar-refractivity contribution in [2.75, 3.05) is 0 Å². The summed E-state index contributed by atoms with van der Waals surface area (Å²) in [5.41, 5.74) is 4.50. The van der Waals surface area contributed by atoms with Crippen LogP contribution in [0.15, 0.2) is 48.0 Å². The van der Waals surface area contributed by atoms with Crippen LogP contribution in [-0.4, -0.2) is 26.7 Å². The standard InChI is InChI=1S/C15H15N5O/c1-11-16-6-7-20(11)10-15(21)19-18-9-12-8-17-14-5-3-2-4-13(12)14/h2-9,17H,10H2,1H3,(H,19,21)/b18-9-. The topological polar surface area (TPSA) is 75.1 Å². The number of hydrogen-bond acceptors (Lipinski definition) is 3. The number of benzene rings is 1. The van der Waals surface area contributed by atoms with E-state index in [2.05, 4.69) is 20.5 Å². The quantitative estimate of drug-likeness (QED) is 0.565. The fourth-order valence-electron chi connectivity index (χ4n) is 2.14. The van der Waals surface area contributed by atoms with E-state index in [1.165, 1.54) is 0 Å². The molecule has 0 bridgehead atoms. The smallest absolute Gasteiger partial charge is 0.260 e. The second-order valence-electron chi connectivity index (χ2n) is 4.69. The summed E-state index contributed by atoms with van der Waals surface area (Å²) < 4.78 is 1.76. The molecule has 1 amide bonds. The Hall–Kier alpha value is -2.89. The molecule has 0 aliphatic rings. The van der Waals surface area contributed by atoms with E-state index >= 15 is 0 Å². The van der Waals surface area contributed by atoms with E-state index in [-0.39, 0.29) is 12.5 Å². The maximum absolute atomic E-state index is 11.8. The first-order chi connectivity index (χ1) is 10.2. The predicted octanol–water partition coefficient (Wildman–Crippen LogP) is 1.82. The number of H-pyrrole nitrogens is 1. The van der Waals surface area contributed by atoms with Gasteiger partial charge in [-0.15, -0.1) is 0 Å². The lowest BCUT2D eigenvalue weighted by atomic mass is 10.2. The summed E-state index contributed by atoms with van der Waals surface area (Å²) in [5.74, 6) is 0.609. The van der Waals surface area contributed by atoms with Crippen LogP contribution in [0.5, 0.6) is 0 Å². The van der Waals surface area contributed by atoms with Gasteiger partial charge in [0.05, 0.1) is 6.21 Å². The molecule has 3 aromatic rings. The summed E-state index contributed by atoms with van der Waals surface area (Å²) in [6.07, 6.45) is 6.92. The molecular formula is C15H15N5O. The number of carbonyl (C=O) groups is 1. The van der Waals surface area contributed by atoms with Gasteiger partial charge in [-0.25, -0.2) is 10.4 Å². The molecule has 0 radical (unpaired) electrons. The number of aryl methyl sites for hydroxylation is 1. The Kier molecular flexibility index (Phi) is 3.51. The number of nitrogens with zero attached hydrogens (tertiary/aromatic N) is 3. The minimum atomic E-state index is -0.188. The number of imidazole rings is 1. The van der Waals surface area contributed by atoms with Crippen molar-refractivity contribution in [2.24, 2.45) is 5.10 Å². The number of carbonyl (C=O) groups excluding carboxylic acids is 1. The number of para-hydroxylation sites is 1. The van der Waals surface area contributed by atoms with Crippen molar-refractivity contribution in [1.29, 1.82) is 0 Å². The maximum atomic E-state index is 11.8. The predicted molar refractivity (Wildman–Crippen MR) is 81.0 cm³/mol. The Bertz CT molecular complexity index is 799. The maximum Gasteiger partial charge on any atom is 0.260 e. The molecule has 0 saturated carbocycles. The normalized spacial score (nSPS) is 11.3. The second-order valence-corrected chi connectivity index (χ2v) is 4.69. The van der Waals surface area contributed by atoms with Gasteiger partial charge in [-0.3, -0.25) is 4.79 Å². The first-order valence-corrected chi connectivity index (χ1v) is 6.60. The van der Waals surface area contributed by atoms with Crippen molar-refractivity contribution in [3.63, 3.8) is 0 Å². The highest BCUT2D eigenvalue weighted by Gasteiger charge is 2.04. The third-order valence-corrected chi connectivity index (χ3v) is 3.25. The number of hydrogen-bond donors (Lipinski definition) is 2. The molecular weight excluding hydrogens is 266 g/mol. The molecule has 0 aliphatic heterocycles. The van der Waals surface area contributed by atoms with Crippen molar-refractivity contribution in [1.82, 2.24) is 20.0 Å². The fourth-order valence-corrected chi connectivity index (χ4v) is 2.14. The van der Waals surface area contributed by atoms with Crippen LogP contribution in [0.4, 0.5) is 0 Å². The van der Waals surface area contributed by atoms with Crippen LogP contribution >= 0.6 is 0 Å². The van der Waals surface area contributed by atoms with E-state index < -0.39 is 0 Å². The van der Waals surface area contributed by atoms with Crippen molar-refractivity contribution in [3.8, 4) is 0 Å². The van der Waals surface area contributed by atoms with Gasteiger partial charge in [0.25, 0.3) is 5.91 Å². The van der Waals surface area contributed by atoms with Gasteiger partial charge in [-0.1, -0.05) is 18.2 Å². The van der Waals surface area contributed by atoms with Crippen LogP contribution in [0.1, 0.15) is 11.4 Å². The van der Waals surface area contributed by atoms with Crippen LogP contribution in [0.25, 0.3) is 10.9 Å². The molecule has 3 rings (SSSR count). The third kappa shape index (κ3) is 2.84. The minimum absolute atomic E-state index is 0.188. The van der Waals surface area contributed by atoms with Crippen LogP contribution in [0.3, 0.4) is 0 Å². The van der Waals surface area contributed by atoms with Crippen LogP contribution < -0.4 is 5.43 Å². The zero-order valence-electron chi connectivity index (χ0n) is 11.6. The number of fused-ring (bicyclic) bond motifs is 1. The third-order valence-electron chi connectivity index (χ3n) is 3.25. The van der Waals surface area contributed by atoms with Gasteiger partial charge in [0.1, 0.15) is 12.4 Å². The van der Waals surface area contributed by atoms with E-state index in [9.17, 15) is 4.79 Å². The lowest BCUT2D eigenvalue weighted by Gasteiger charge is -2.02. The summed E-state index contributed by atoms with van der Waals surface area (Å²) in [6.45, 7) is 2.06. The molecule has 1 aromatic carbocycles. The van der Waals surface area contributed by atoms with Crippen LogP contribution in [0.2, 0.25) is 0 Å². The van der Waals surface area contributed by atoms with Gasteiger partial charge in [0, 0.05) is 35.1 Å². The molecule has 0 saturated heterocycles. The molecule has 2 aromatic heterocycles. The number of aromatic nitrogens is 3. The lowest BCUT2D eigenvalue weighted by Crippen LogP contribution is -2.23. The lowest BCUT2D eigenvalue weighted by molar-refractivity contribution is -0.121. The largest absolute Gasteiger partial charge is 0.361 e. The first-order valence-electron chi connectivity index (χ1n) is 6.60. The fraction of sp³-hybridized carbons (Fsp3) is 0.133. The van der Waals surface area contributed by atoms with Gasteiger partial charge in [0.15, 0.2) is 0 Å². The Morgan fingerprint density at radius 1 is 1.48 bits per heavy atom. The van der Waals surface area contributed by atoms with E-state index in [0.29, 0.717) is 0 Å². The number of hydrazone groups is 1. The first kappa shape index (κ1) is 13.1. The molecule has 21 heavy (non-hydrogen) atoms. The SMILES string of the molecule is Cc1nccn1CC(=O)N/N=C\c1c[nH]c2ccccc12. The average Bonchev–Trinajstić information content (AvgIpc) is 3.07. The van der Waals surface area contributed by atoms with Gasteiger partial charge in [-0.2, -0.15) is 5.10 Å². The van der Waals surface area contributed by atoms with E-state index in [4.69, 9.17) is 0 Å². The Morgan fingerprint density at radius 2 is 2.33 bits per heavy atom. The van der Waals surface area contributed by atoms with Crippen molar-refractivity contribution >= 4 is 23.0 Å². The van der Waals surface area contributed by atoms with Crippen LogP contribution in [0, 0.1) is 6.92 Å². The molecule has 2 heterocycles.